The molecule has 0 aromatic heterocycles. The molecule has 2 N–H and O–H groups in total. The number of hydrogen-bond donors (Lipinski definition) is 2. The number of aryl methyl sites for hydroxylation is 1. The molecule has 20 heavy (non-hydrogen) atoms. The Morgan fingerprint density at radius 3 is 2.40 bits per heavy atom. The van der Waals surface area contributed by atoms with Crippen molar-refractivity contribution in [1.82, 2.24) is 0 Å². The Balaban J connectivity index is 2.55. The molecule has 0 saturated heterocycles. The van der Waals surface area contributed by atoms with E-state index >= 15 is 0 Å². The van der Waals surface area contributed by atoms with Gasteiger partial charge >= 0.3 is 5.97 Å². The van der Waals surface area contributed by atoms with Gasteiger partial charge in [-0.15, -0.1) is 0 Å². The first-order chi connectivity index (χ1) is 9.60. The summed E-state index contributed by atoms with van der Waals surface area (Å²) in [6.45, 7) is 1.82. The van der Waals surface area contributed by atoms with Crippen molar-refractivity contribution in [3.8, 4) is 0 Å². The molecule has 1 unspecified atom stereocenters. The third-order valence-electron chi connectivity index (χ3n) is 3.26. The molecule has 0 aliphatic rings. The van der Waals surface area contributed by atoms with Crippen LogP contribution >= 0.6 is 0 Å². The van der Waals surface area contributed by atoms with E-state index in [0.29, 0.717) is 12.8 Å². The largest absolute Gasteiger partial charge is 0.476 e. The third kappa shape index (κ3) is 4.50. The van der Waals surface area contributed by atoms with Gasteiger partial charge in [-0.3, -0.25) is 4.79 Å². The van der Waals surface area contributed by atoms with E-state index in [-0.39, 0.29) is 0 Å². The summed E-state index contributed by atoms with van der Waals surface area (Å²) in [5.41, 5.74) is 0.403. The molecule has 1 aromatic carbocycles. The van der Waals surface area contributed by atoms with Crippen molar-refractivity contribution in [1.29, 1.82) is 0 Å². The predicted octanol–water partition coefficient (Wildman–Crippen LogP) is 2.52. The Morgan fingerprint density at radius 1 is 1.25 bits per heavy atom. The lowest BCUT2D eigenvalue weighted by molar-refractivity contribution is -0.131. The highest BCUT2D eigenvalue weighted by Crippen LogP contribution is 2.16. The summed E-state index contributed by atoms with van der Waals surface area (Å²) in [5.74, 6) is -2.50. The number of aliphatic carboxylic acids is 1. The topological polar surface area (TPSA) is 87.0 Å². The van der Waals surface area contributed by atoms with Crippen LogP contribution in [0.25, 0.3) is 0 Å². The van der Waals surface area contributed by atoms with Crippen molar-refractivity contribution in [2.75, 3.05) is 0 Å². The Hall–Kier alpha value is -2.17. The first kappa shape index (κ1) is 15.9. The lowest BCUT2D eigenvalue weighted by Gasteiger charge is -2.12. The molecule has 0 aliphatic heterocycles. The Morgan fingerprint density at radius 2 is 1.90 bits per heavy atom. The van der Waals surface area contributed by atoms with Gasteiger partial charge in [0.05, 0.1) is 0 Å². The van der Waals surface area contributed by atoms with E-state index in [2.05, 4.69) is 5.16 Å². The zero-order valence-corrected chi connectivity index (χ0v) is 11.5. The second kappa shape index (κ2) is 8.09. The molecule has 1 rings (SSSR count). The quantitative estimate of drug-likeness (QED) is 0.331. The summed E-state index contributed by atoms with van der Waals surface area (Å²) in [5, 5.41) is 20.0. The molecule has 5 heteroatoms. The molecule has 0 heterocycles. The number of rotatable bonds is 8. The summed E-state index contributed by atoms with van der Waals surface area (Å²) in [6.07, 6.45) is 2.73. The van der Waals surface area contributed by atoms with Crippen LogP contribution in [0.1, 0.15) is 31.7 Å². The highest BCUT2D eigenvalue weighted by atomic mass is 16.4. The van der Waals surface area contributed by atoms with Gasteiger partial charge in [-0.25, -0.2) is 4.79 Å². The number of carboxylic acid groups (broad SMARTS) is 1. The lowest BCUT2D eigenvalue weighted by Crippen LogP contribution is -2.30. The third-order valence-corrected chi connectivity index (χ3v) is 3.26. The summed E-state index contributed by atoms with van der Waals surface area (Å²) in [4.78, 5) is 22.7. The van der Waals surface area contributed by atoms with Crippen LogP contribution in [-0.4, -0.2) is 27.8 Å². The minimum absolute atomic E-state index is 0.416. The molecule has 0 radical (unpaired) electrons. The molecule has 1 aromatic rings. The smallest absolute Gasteiger partial charge is 0.361 e. The molecule has 0 amide bonds. The SMILES string of the molecule is CCC(CCCc1ccccc1)C(=O)C(=NO)C(=O)O. The number of Topliss-reactive ketones (excluding diaryl/α,β-unsaturated/α-hetero) is 1. The van der Waals surface area contributed by atoms with Crippen molar-refractivity contribution in [2.24, 2.45) is 11.1 Å². The normalized spacial score (nSPS) is 12.9. The van der Waals surface area contributed by atoms with Gasteiger partial charge in [0.15, 0.2) is 5.78 Å². The zero-order chi connectivity index (χ0) is 15.0. The minimum Gasteiger partial charge on any atom is -0.476 e. The highest BCUT2D eigenvalue weighted by Gasteiger charge is 2.27. The number of benzene rings is 1. The average Bonchev–Trinajstić information content (AvgIpc) is 2.45. The molecular formula is C15H19NO4. The minimum atomic E-state index is -1.49. The number of hydrogen-bond acceptors (Lipinski definition) is 4. The standard InChI is InChI=1S/C15H19NO4/c1-2-12(14(17)13(16-20)15(18)19)10-6-9-11-7-4-3-5-8-11/h3-5,7-8,12,20H,2,6,9-10H2,1H3,(H,18,19). The van der Waals surface area contributed by atoms with Crippen molar-refractivity contribution in [3.05, 3.63) is 35.9 Å². The van der Waals surface area contributed by atoms with Gasteiger partial charge in [0.2, 0.25) is 5.71 Å². The van der Waals surface area contributed by atoms with Gasteiger partial charge in [0.1, 0.15) is 0 Å². The Bertz CT molecular complexity index is 482. The number of ketones is 1. The second-order valence-corrected chi connectivity index (χ2v) is 4.60. The van der Waals surface area contributed by atoms with Crippen molar-refractivity contribution in [2.45, 2.75) is 32.6 Å². The molecule has 108 valence electrons. The average molecular weight is 277 g/mol. The summed E-state index contributed by atoms with van der Waals surface area (Å²) in [7, 11) is 0. The van der Waals surface area contributed by atoms with Gasteiger partial charge in [-0.1, -0.05) is 42.4 Å². The summed E-state index contributed by atoms with van der Waals surface area (Å²) >= 11 is 0. The maximum Gasteiger partial charge on any atom is 0.361 e. The van der Waals surface area contributed by atoms with Crippen LogP contribution in [0.5, 0.6) is 0 Å². The fourth-order valence-corrected chi connectivity index (χ4v) is 2.11. The number of carbonyl (C=O) groups is 2. The van der Waals surface area contributed by atoms with Crippen molar-refractivity contribution < 1.29 is 19.9 Å². The van der Waals surface area contributed by atoms with Crippen LogP contribution in [0.3, 0.4) is 0 Å². The molecule has 0 aliphatic carbocycles. The van der Waals surface area contributed by atoms with Crippen molar-refractivity contribution >= 4 is 17.5 Å². The van der Waals surface area contributed by atoms with Crippen LogP contribution in [0.15, 0.2) is 35.5 Å². The molecular weight excluding hydrogens is 258 g/mol. The molecule has 0 saturated carbocycles. The summed E-state index contributed by atoms with van der Waals surface area (Å²) in [6, 6.07) is 9.89. The molecule has 0 spiro atoms. The van der Waals surface area contributed by atoms with E-state index in [1.807, 2.05) is 37.3 Å². The Labute approximate surface area is 117 Å². The maximum atomic E-state index is 11.9. The van der Waals surface area contributed by atoms with Gasteiger partial charge < -0.3 is 10.3 Å². The van der Waals surface area contributed by atoms with Crippen LogP contribution in [0, 0.1) is 5.92 Å². The monoisotopic (exact) mass is 277 g/mol. The van der Waals surface area contributed by atoms with E-state index in [9.17, 15) is 9.59 Å². The number of carboxylic acids is 1. The number of oxime groups is 1. The molecule has 1 atom stereocenters. The first-order valence-corrected chi connectivity index (χ1v) is 6.63. The zero-order valence-electron chi connectivity index (χ0n) is 11.5. The first-order valence-electron chi connectivity index (χ1n) is 6.63. The molecule has 0 bridgehead atoms. The van der Waals surface area contributed by atoms with E-state index in [0.717, 1.165) is 12.8 Å². The number of nitrogens with zero attached hydrogens (tertiary/aromatic N) is 1. The maximum absolute atomic E-state index is 11.9. The van der Waals surface area contributed by atoms with E-state index < -0.39 is 23.4 Å². The van der Waals surface area contributed by atoms with Gasteiger partial charge in [-0.05, 0) is 31.2 Å². The summed E-state index contributed by atoms with van der Waals surface area (Å²) < 4.78 is 0. The molecule has 5 nitrogen and oxygen atoms in total. The highest BCUT2D eigenvalue weighted by molar-refractivity contribution is 6.64. The van der Waals surface area contributed by atoms with Crippen LogP contribution in [0.4, 0.5) is 0 Å². The fraction of sp³-hybridized carbons (Fsp3) is 0.400. The van der Waals surface area contributed by atoms with Gasteiger partial charge in [-0.2, -0.15) is 0 Å². The van der Waals surface area contributed by atoms with E-state index in [1.165, 1.54) is 5.56 Å². The van der Waals surface area contributed by atoms with E-state index in [1.54, 1.807) is 0 Å². The fourth-order valence-electron chi connectivity index (χ4n) is 2.11. The lowest BCUT2D eigenvalue weighted by atomic mass is 9.91. The van der Waals surface area contributed by atoms with Crippen molar-refractivity contribution in [3.63, 3.8) is 0 Å². The van der Waals surface area contributed by atoms with Gasteiger partial charge in [0, 0.05) is 5.92 Å². The predicted molar refractivity (Wildman–Crippen MR) is 75.0 cm³/mol. The van der Waals surface area contributed by atoms with Gasteiger partial charge in [0.25, 0.3) is 0 Å². The molecule has 0 fully saturated rings. The second-order valence-electron chi connectivity index (χ2n) is 4.60. The number of carbonyl (C=O) groups excluding carboxylic acids is 1. The van der Waals surface area contributed by atoms with Crippen LogP contribution in [-0.2, 0) is 16.0 Å². The Kier molecular flexibility index (Phi) is 6.43. The van der Waals surface area contributed by atoms with Crippen LogP contribution in [0.2, 0.25) is 0 Å². The van der Waals surface area contributed by atoms with E-state index in [4.69, 9.17) is 10.3 Å². The van der Waals surface area contributed by atoms with Crippen LogP contribution < -0.4 is 0 Å².